The van der Waals surface area contributed by atoms with Crippen molar-refractivity contribution < 1.29 is 14.7 Å². The Labute approximate surface area is 94.3 Å². The van der Waals surface area contributed by atoms with Crippen molar-refractivity contribution in [3.63, 3.8) is 0 Å². The Bertz CT molecular complexity index is 388. The van der Waals surface area contributed by atoms with E-state index in [1.165, 1.54) is 0 Å². The lowest BCUT2D eigenvalue weighted by atomic mass is 10.1. The van der Waals surface area contributed by atoms with Crippen LogP contribution in [0.5, 0.6) is 0 Å². The summed E-state index contributed by atoms with van der Waals surface area (Å²) in [5, 5.41) is 11.1. The van der Waals surface area contributed by atoms with Gasteiger partial charge in [0.25, 0.3) is 5.91 Å². The molecule has 0 aromatic heterocycles. The number of nitrogens with one attached hydrogen (secondary N) is 1. The van der Waals surface area contributed by atoms with Crippen LogP contribution in [0.4, 0.5) is 0 Å². The predicted molar refractivity (Wildman–Crippen MR) is 60.4 cm³/mol. The summed E-state index contributed by atoms with van der Waals surface area (Å²) < 4.78 is 0. The second-order valence-electron chi connectivity index (χ2n) is 3.62. The number of aryl methyl sites for hydroxylation is 1. The summed E-state index contributed by atoms with van der Waals surface area (Å²) >= 11 is 0. The number of benzene rings is 1. The molecular weight excluding hydrogens is 206 g/mol. The zero-order chi connectivity index (χ0) is 12.0. The van der Waals surface area contributed by atoms with Crippen LogP contribution in [0.3, 0.4) is 0 Å². The van der Waals surface area contributed by atoms with Gasteiger partial charge in [-0.3, -0.25) is 9.59 Å². The molecule has 1 aromatic carbocycles. The van der Waals surface area contributed by atoms with E-state index in [0.717, 1.165) is 5.56 Å². The molecular formula is C12H15NO3. The lowest BCUT2D eigenvalue weighted by Crippen LogP contribution is -2.24. The fourth-order valence-electron chi connectivity index (χ4n) is 1.33. The third kappa shape index (κ3) is 4.13. The number of carboxylic acid groups (broad SMARTS) is 1. The minimum atomic E-state index is -0.843. The standard InChI is InChI=1S/C12H15NO3/c1-9-4-2-5-10(8-9)12(16)13-7-3-6-11(14)15/h2,4-5,8H,3,6-7H2,1H3,(H,13,16)(H,14,15). The summed E-state index contributed by atoms with van der Waals surface area (Å²) in [7, 11) is 0. The summed E-state index contributed by atoms with van der Waals surface area (Å²) in [6, 6.07) is 7.27. The average Bonchev–Trinajstić information content (AvgIpc) is 2.24. The third-order valence-corrected chi connectivity index (χ3v) is 2.13. The number of carbonyl (C=O) groups is 2. The molecule has 0 fully saturated rings. The van der Waals surface area contributed by atoms with Gasteiger partial charge in [0.1, 0.15) is 0 Å². The van der Waals surface area contributed by atoms with Crippen molar-refractivity contribution in [2.75, 3.05) is 6.54 Å². The van der Waals surface area contributed by atoms with Gasteiger partial charge < -0.3 is 10.4 Å². The molecule has 1 rings (SSSR count). The molecule has 1 aromatic rings. The zero-order valence-corrected chi connectivity index (χ0v) is 9.19. The van der Waals surface area contributed by atoms with Gasteiger partial charge in [-0.1, -0.05) is 17.7 Å². The van der Waals surface area contributed by atoms with Gasteiger partial charge in [0, 0.05) is 18.5 Å². The minimum absolute atomic E-state index is 0.0775. The SMILES string of the molecule is Cc1cccc(C(=O)NCCCC(=O)O)c1. The Morgan fingerprint density at radius 1 is 1.38 bits per heavy atom. The molecule has 0 saturated heterocycles. The minimum Gasteiger partial charge on any atom is -0.481 e. The van der Waals surface area contributed by atoms with E-state index in [1.807, 2.05) is 19.1 Å². The molecule has 4 heteroatoms. The number of aliphatic carboxylic acids is 1. The Kier molecular flexibility index (Phi) is 4.51. The van der Waals surface area contributed by atoms with Gasteiger partial charge >= 0.3 is 5.97 Å². The van der Waals surface area contributed by atoms with Gasteiger partial charge in [-0.2, -0.15) is 0 Å². The molecule has 0 unspecified atom stereocenters. The van der Waals surface area contributed by atoms with Crippen LogP contribution in [0.1, 0.15) is 28.8 Å². The van der Waals surface area contributed by atoms with Crippen LogP contribution in [-0.4, -0.2) is 23.5 Å². The van der Waals surface area contributed by atoms with Crippen LogP contribution in [-0.2, 0) is 4.79 Å². The molecule has 0 spiro atoms. The molecule has 1 amide bonds. The van der Waals surface area contributed by atoms with Gasteiger partial charge in [-0.25, -0.2) is 0 Å². The predicted octanol–water partition coefficient (Wildman–Crippen LogP) is 1.59. The number of rotatable bonds is 5. The van der Waals surface area contributed by atoms with E-state index in [9.17, 15) is 9.59 Å². The molecule has 0 heterocycles. The van der Waals surface area contributed by atoms with Crippen LogP contribution in [0, 0.1) is 6.92 Å². The number of carboxylic acids is 1. The molecule has 2 N–H and O–H groups in total. The zero-order valence-electron chi connectivity index (χ0n) is 9.19. The first kappa shape index (κ1) is 12.2. The van der Waals surface area contributed by atoms with Crippen LogP contribution >= 0.6 is 0 Å². The van der Waals surface area contributed by atoms with Gasteiger partial charge in [-0.15, -0.1) is 0 Å². The van der Waals surface area contributed by atoms with Crippen molar-refractivity contribution in [1.82, 2.24) is 5.32 Å². The fourth-order valence-corrected chi connectivity index (χ4v) is 1.33. The number of hydrogen-bond donors (Lipinski definition) is 2. The molecule has 0 aliphatic rings. The molecule has 16 heavy (non-hydrogen) atoms. The Hall–Kier alpha value is -1.84. The highest BCUT2D eigenvalue weighted by Crippen LogP contribution is 2.03. The summed E-state index contributed by atoms with van der Waals surface area (Å²) in [4.78, 5) is 21.8. The molecule has 4 nitrogen and oxygen atoms in total. The van der Waals surface area contributed by atoms with E-state index in [2.05, 4.69) is 5.32 Å². The quantitative estimate of drug-likeness (QED) is 0.742. The largest absolute Gasteiger partial charge is 0.481 e. The van der Waals surface area contributed by atoms with Crippen molar-refractivity contribution >= 4 is 11.9 Å². The Morgan fingerprint density at radius 3 is 2.75 bits per heavy atom. The van der Waals surface area contributed by atoms with Crippen molar-refractivity contribution in [2.45, 2.75) is 19.8 Å². The molecule has 0 radical (unpaired) electrons. The maximum atomic E-state index is 11.6. The second kappa shape index (κ2) is 5.90. The topological polar surface area (TPSA) is 66.4 Å². The van der Waals surface area contributed by atoms with E-state index < -0.39 is 5.97 Å². The number of carbonyl (C=O) groups excluding carboxylic acids is 1. The molecule has 0 saturated carbocycles. The monoisotopic (exact) mass is 221 g/mol. The lowest BCUT2D eigenvalue weighted by molar-refractivity contribution is -0.137. The van der Waals surface area contributed by atoms with Crippen LogP contribution in [0.25, 0.3) is 0 Å². The van der Waals surface area contributed by atoms with E-state index in [1.54, 1.807) is 12.1 Å². The first-order valence-electron chi connectivity index (χ1n) is 5.16. The summed E-state index contributed by atoms with van der Waals surface area (Å²) in [6.07, 6.45) is 0.529. The molecule has 86 valence electrons. The van der Waals surface area contributed by atoms with Crippen molar-refractivity contribution in [3.05, 3.63) is 35.4 Å². The maximum Gasteiger partial charge on any atom is 0.303 e. The smallest absolute Gasteiger partial charge is 0.303 e. The van der Waals surface area contributed by atoms with Crippen molar-refractivity contribution in [1.29, 1.82) is 0 Å². The first-order valence-corrected chi connectivity index (χ1v) is 5.16. The third-order valence-electron chi connectivity index (χ3n) is 2.13. The van der Waals surface area contributed by atoms with Crippen molar-refractivity contribution in [2.24, 2.45) is 0 Å². The van der Waals surface area contributed by atoms with Crippen LogP contribution < -0.4 is 5.32 Å². The number of amides is 1. The lowest BCUT2D eigenvalue weighted by Gasteiger charge is -2.04. The number of hydrogen-bond acceptors (Lipinski definition) is 2. The molecule has 0 aliphatic heterocycles. The van der Waals surface area contributed by atoms with Crippen molar-refractivity contribution in [3.8, 4) is 0 Å². The Morgan fingerprint density at radius 2 is 2.12 bits per heavy atom. The van der Waals surface area contributed by atoms with E-state index in [4.69, 9.17) is 5.11 Å². The highest BCUT2D eigenvalue weighted by Gasteiger charge is 2.04. The van der Waals surface area contributed by atoms with E-state index >= 15 is 0 Å². The van der Waals surface area contributed by atoms with Crippen LogP contribution in [0.15, 0.2) is 24.3 Å². The second-order valence-corrected chi connectivity index (χ2v) is 3.62. The Balaban J connectivity index is 2.38. The van der Waals surface area contributed by atoms with Crippen LogP contribution in [0.2, 0.25) is 0 Å². The summed E-state index contributed by atoms with van der Waals surface area (Å²) in [5.74, 6) is -1.00. The van der Waals surface area contributed by atoms with Gasteiger partial charge in [0.05, 0.1) is 0 Å². The first-order chi connectivity index (χ1) is 7.59. The highest BCUT2D eigenvalue weighted by atomic mass is 16.4. The summed E-state index contributed by atoms with van der Waals surface area (Å²) in [6.45, 7) is 2.31. The maximum absolute atomic E-state index is 11.6. The average molecular weight is 221 g/mol. The molecule has 0 aliphatic carbocycles. The molecule has 0 bridgehead atoms. The fraction of sp³-hybridized carbons (Fsp3) is 0.333. The van der Waals surface area contributed by atoms with Gasteiger partial charge in [0.2, 0.25) is 0 Å². The van der Waals surface area contributed by atoms with E-state index in [0.29, 0.717) is 18.5 Å². The summed E-state index contributed by atoms with van der Waals surface area (Å²) in [5.41, 5.74) is 1.63. The van der Waals surface area contributed by atoms with Gasteiger partial charge in [0.15, 0.2) is 0 Å². The molecule has 0 atom stereocenters. The van der Waals surface area contributed by atoms with E-state index in [-0.39, 0.29) is 12.3 Å². The highest BCUT2D eigenvalue weighted by molar-refractivity contribution is 5.94. The van der Waals surface area contributed by atoms with Gasteiger partial charge in [-0.05, 0) is 25.5 Å². The normalized spacial score (nSPS) is 9.81.